The molecule has 0 radical (unpaired) electrons. The summed E-state index contributed by atoms with van der Waals surface area (Å²) in [5, 5.41) is 2.98. The number of hydrogen-bond acceptors (Lipinski definition) is 1. The van der Waals surface area contributed by atoms with Crippen molar-refractivity contribution in [1.29, 1.82) is 0 Å². The van der Waals surface area contributed by atoms with E-state index >= 15 is 0 Å². The van der Waals surface area contributed by atoms with Gasteiger partial charge in [-0.05, 0) is 35.9 Å². The van der Waals surface area contributed by atoms with Gasteiger partial charge >= 0.3 is 0 Å². The topological polar surface area (TPSA) is 12.0 Å². The molecule has 0 atom stereocenters. The number of benzene rings is 2. The molecular weight excluding hydrogens is 324 g/mol. The second-order valence-corrected chi connectivity index (χ2v) is 5.05. The molecule has 0 fully saturated rings. The normalized spacial score (nSPS) is 10.4. The van der Waals surface area contributed by atoms with Crippen LogP contribution in [0.4, 0.5) is 14.5 Å². The third kappa shape index (κ3) is 3.21. The highest BCUT2D eigenvalue weighted by Gasteiger charge is 2.04. The molecule has 2 rings (SSSR count). The molecule has 0 aromatic heterocycles. The molecule has 0 aliphatic heterocycles. The second-order valence-electron chi connectivity index (χ2n) is 3.73. The lowest BCUT2D eigenvalue weighted by Gasteiger charge is -2.08. The summed E-state index contributed by atoms with van der Waals surface area (Å²) in [6, 6.07) is 9.09. The molecule has 0 spiro atoms. The first-order valence-electron chi connectivity index (χ1n) is 5.19. The van der Waals surface area contributed by atoms with Crippen LogP contribution in [-0.4, -0.2) is 0 Å². The van der Waals surface area contributed by atoms with Crippen LogP contribution in [0, 0.1) is 11.6 Å². The number of halogens is 4. The quantitative estimate of drug-likeness (QED) is 0.834. The summed E-state index contributed by atoms with van der Waals surface area (Å²) in [5.41, 5.74) is 1.05. The lowest BCUT2D eigenvalue weighted by Crippen LogP contribution is -2.01. The molecule has 0 bridgehead atoms. The van der Waals surface area contributed by atoms with Gasteiger partial charge in [-0.1, -0.05) is 33.6 Å². The van der Waals surface area contributed by atoms with E-state index in [1.165, 1.54) is 18.2 Å². The predicted molar refractivity (Wildman–Crippen MR) is 72.8 cm³/mol. The highest BCUT2D eigenvalue weighted by molar-refractivity contribution is 9.10. The molecule has 1 nitrogen and oxygen atoms in total. The van der Waals surface area contributed by atoms with Gasteiger partial charge in [0.25, 0.3) is 0 Å². The minimum absolute atomic E-state index is 0.0763. The van der Waals surface area contributed by atoms with Crippen LogP contribution in [0.2, 0.25) is 5.02 Å². The van der Waals surface area contributed by atoms with E-state index in [-0.39, 0.29) is 10.8 Å². The Morgan fingerprint density at radius 2 is 1.83 bits per heavy atom. The van der Waals surface area contributed by atoms with Gasteiger partial charge in [0.1, 0.15) is 11.6 Å². The minimum atomic E-state index is -0.481. The Labute approximate surface area is 117 Å². The van der Waals surface area contributed by atoms with Crippen LogP contribution in [0.3, 0.4) is 0 Å². The Morgan fingerprint density at radius 1 is 1.06 bits per heavy atom. The smallest absolute Gasteiger partial charge is 0.146 e. The Kier molecular flexibility index (Phi) is 4.19. The number of rotatable bonds is 3. The number of anilines is 1. The van der Waals surface area contributed by atoms with Crippen LogP contribution in [0.5, 0.6) is 0 Å². The predicted octanol–water partition coefficient (Wildman–Crippen LogP) is 4.99. The summed E-state index contributed by atoms with van der Waals surface area (Å²) in [7, 11) is 0. The molecule has 0 aliphatic rings. The van der Waals surface area contributed by atoms with Crippen LogP contribution in [0.25, 0.3) is 0 Å². The SMILES string of the molecule is Fc1cc(CNc2cc(Br)ccc2F)ccc1Cl. The Bertz CT molecular complexity index is 575. The summed E-state index contributed by atoms with van der Waals surface area (Å²) in [6.07, 6.45) is 0. The van der Waals surface area contributed by atoms with E-state index in [1.807, 2.05) is 0 Å². The van der Waals surface area contributed by atoms with Crippen molar-refractivity contribution in [2.24, 2.45) is 0 Å². The lowest BCUT2D eigenvalue weighted by molar-refractivity contribution is 0.625. The molecule has 94 valence electrons. The van der Waals surface area contributed by atoms with E-state index in [2.05, 4.69) is 21.2 Å². The van der Waals surface area contributed by atoms with Crippen molar-refractivity contribution in [1.82, 2.24) is 0 Å². The molecule has 0 amide bonds. The monoisotopic (exact) mass is 331 g/mol. The Hall–Kier alpha value is -1.13. The van der Waals surface area contributed by atoms with Crippen LogP contribution < -0.4 is 5.32 Å². The van der Waals surface area contributed by atoms with Gasteiger partial charge in [-0.2, -0.15) is 0 Å². The van der Waals surface area contributed by atoms with Gasteiger partial charge in [0.2, 0.25) is 0 Å². The van der Waals surface area contributed by atoms with Crippen molar-refractivity contribution in [3.63, 3.8) is 0 Å². The molecule has 18 heavy (non-hydrogen) atoms. The summed E-state index contributed by atoms with van der Waals surface area (Å²) >= 11 is 8.84. The fraction of sp³-hybridized carbons (Fsp3) is 0.0769. The molecule has 0 heterocycles. The average Bonchev–Trinajstić information content (AvgIpc) is 2.34. The second kappa shape index (κ2) is 5.67. The zero-order valence-electron chi connectivity index (χ0n) is 9.18. The van der Waals surface area contributed by atoms with E-state index in [0.29, 0.717) is 17.8 Å². The molecule has 0 aliphatic carbocycles. The zero-order valence-corrected chi connectivity index (χ0v) is 11.5. The number of nitrogens with one attached hydrogen (secondary N) is 1. The minimum Gasteiger partial charge on any atom is -0.379 e. The first-order chi connectivity index (χ1) is 8.56. The maximum atomic E-state index is 13.4. The van der Waals surface area contributed by atoms with E-state index in [9.17, 15) is 8.78 Å². The summed E-state index contributed by atoms with van der Waals surface area (Å²) in [6.45, 7) is 0.321. The number of hydrogen-bond donors (Lipinski definition) is 1. The van der Waals surface area contributed by atoms with Crippen molar-refractivity contribution in [2.45, 2.75) is 6.54 Å². The molecule has 0 saturated heterocycles. The first kappa shape index (κ1) is 13.3. The van der Waals surface area contributed by atoms with Crippen molar-refractivity contribution >= 4 is 33.2 Å². The van der Waals surface area contributed by atoms with Crippen molar-refractivity contribution in [3.05, 3.63) is 63.1 Å². The zero-order chi connectivity index (χ0) is 13.1. The van der Waals surface area contributed by atoms with Crippen LogP contribution >= 0.6 is 27.5 Å². The highest BCUT2D eigenvalue weighted by atomic mass is 79.9. The third-order valence-electron chi connectivity index (χ3n) is 2.40. The van der Waals surface area contributed by atoms with Gasteiger partial charge in [0.15, 0.2) is 0 Å². The van der Waals surface area contributed by atoms with E-state index in [0.717, 1.165) is 4.47 Å². The van der Waals surface area contributed by atoms with Crippen LogP contribution in [0.15, 0.2) is 40.9 Å². The van der Waals surface area contributed by atoms with E-state index < -0.39 is 5.82 Å². The van der Waals surface area contributed by atoms with Gasteiger partial charge in [0, 0.05) is 11.0 Å². The fourth-order valence-corrected chi connectivity index (χ4v) is 1.96. The summed E-state index contributed by atoms with van der Waals surface area (Å²) in [5.74, 6) is -0.835. The fourth-order valence-electron chi connectivity index (χ4n) is 1.48. The Balaban J connectivity index is 2.11. The molecule has 0 unspecified atom stereocenters. The molecular formula is C13H9BrClF2N. The standard InChI is InChI=1S/C13H9BrClF2N/c14-9-2-4-11(16)13(6-9)18-7-8-1-3-10(15)12(17)5-8/h1-6,18H,7H2. The average molecular weight is 333 g/mol. The molecule has 1 N–H and O–H groups in total. The van der Waals surface area contributed by atoms with E-state index in [1.54, 1.807) is 18.2 Å². The molecule has 2 aromatic rings. The van der Waals surface area contributed by atoms with Gasteiger partial charge in [-0.25, -0.2) is 8.78 Å². The first-order valence-corrected chi connectivity index (χ1v) is 6.36. The Morgan fingerprint density at radius 3 is 2.56 bits per heavy atom. The van der Waals surface area contributed by atoms with Gasteiger partial charge in [-0.15, -0.1) is 0 Å². The van der Waals surface area contributed by atoms with Gasteiger partial charge in [-0.3, -0.25) is 0 Å². The third-order valence-corrected chi connectivity index (χ3v) is 3.20. The molecule has 2 aromatic carbocycles. The van der Waals surface area contributed by atoms with Crippen molar-refractivity contribution < 1.29 is 8.78 Å². The van der Waals surface area contributed by atoms with Gasteiger partial charge in [0.05, 0.1) is 10.7 Å². The highest BCUT2D eigenvalue weighted by Crippen LogP contribution is 2.21. The maximum absolute atomic E-state index is 13.4. The van der Waals surface area contributed by atoms with Gasteiger partial charge < -0.3 is 5.32 Å². The van der Waals surface area contributed by atoms with Crippen LogP contribution in [-0.2, 0) is 6.54 Å². The lowest BCUT2D eigenvalue weighted by atomic mass is 10.2. The molecule has 0 saturated carbocycles. The van der Waals surface area contributed by atoms with Crippen molar-refractivity contribution in [2.75, 3.05) is 5.32 Å². The summed E-state index contributed by atoms with van der Waals surface area (Å²) < 4.78 is 27.4. The van der Waals surface area contributed by atoms with Crippen LogP contribution in [0.1, 0.15) is 5.56 Å². The van der Waals surface area contributed by atoms with E-state index in [4.69, 9.17) is 11.6 Å². The van der Waals surface area contributed by atoms with Crippen molar-refractivity contribution in [3.8, 4) is 0 Å². The summed E-state index contributed by atoms with van der Waals surface area (Å²) in [4.78, 5) is 0. The largest absolute Gasteiger partial charge is 0.379 e. The molecule has 5 heteroatoms. The maximum Gasteiger partial charge on any atom is 0.146 e.